The topological polar surface area (TPSA) is 51.2 Å². The van der Waals surface area contributed by atoms with Gasteiger partial charge in [0.25, 0.3) is 0 Å². The molecule has 2 aromatic carbocycles. The molecule has 0 radical (unpaired) electrons. The van der Waals surface area contributed by atoms with E-state index >= 15 is 0 Å². The van der Waals surface area contributed by atoms with Crippen molar-refractivity contribution in [1.29, 1.82) is 0 Å². The number of pyridine rings is 1. The van der Waals surface area contributed by atoms with Gasteiger partial charge in [-0.05, 0) is 53.6 Å². The molecule has 0 unspecified atom stereocenters. The molecule has 1 amide bonds. The maximum atomic E-state index is 12.2. The van der Waals surface area contributed by atoms with Crippen molar-refractivity contribution in [2.45, 2.75) is 6.42 Å². The van der Waals surface area contributed by atoms with E-state index in [0.717, 1.165) is 40.9 Å². The first-order valence-corrected chi connectivity index (χ1v) is 7.88. The number of hydrogen-bond acceptors (Lipinski definition) is 3. The molecule has 0 bridgehead atoms. The van der Waals surface area contributed by atoms with Crippen molar-refractivity contribution in [3.05, 3.63) is 71.9 Å². The minimum absolute atomic E-state index is 0.164. The van der Waals surface area contributed by atoms with E-state index in [4.69, 9.17) is 4.74 Å². The SMILES string of the molecule is O=C(/C=C/c1ccc2c(c1)CCO2)Nc1cccc2ncccc12. The van der Waals surface area contributed by atoms with Crippen molar-refractivity contribution >= 4 is 28.6 Å². The minimum Gasteiger partial charge on any atom is -0.493 e. The molecular formula is C20H16N2O2. The van der Waals surface area contributed by atoms with Crippen LogP contribution in [-0.2, 0) is 11.2 Å². The Morgan fingerprint density at radius 1 is 1.17 bits per heavy atom. The lowest BCUT2D eigenvalue weighted by atomic mass is 10.1. The number of benzene rings is 2. The highest BCUT2D eigenvalue weighted by molar-refractivity contribution is 6.06. The highest BCUT2D eigenvalue weighted by atomic mass is 16.5. The molecule has 0 fully saturated rings. The van der Waals surface area contributed by atoms with Crippen LogP contribution in [0.15, 0.2) is 60.8 Å². The summed E-state index contributed by atoms with van der Waals surface area (Å²) < 4.78 is 5.49. The van der Waals surface area contributed by atoms with E-state index in [1.54, 1.807) is 12.3 Å². The summed E-state index contributed by atoms with van der Waals surface area (Å²) in [4.78, 5) is 16.5. The Balaban J connectivity index is 1.52. The van der Waals surface area contributed by atoms with Crippen LogP contribution in [0.2, 0.25) is 0 Å². The quantitative estimate of drug-likeness (QED) is 0.747. The van der Waals surface area contributed by atoms with E-state index in [-0.39, 0.29) is 5.91 Å². The molecule has 0 aliphatic carbocycles. The Hall–Kier alpha value is -3.14. The molecule has 4 heteroatoms. The van der Waals surface area contributed by atoms with Gasteiger partial charge in [-0.25, -0.2) is 0 Å². The fourth-order valence-corrected chi connectivity index (χ4v) is 2.87. The van der Waals surface area contributed by atoms with Crippen molar-refractivity contribution in [2.24, 2.45) is 0 Å². The Morgan fingerprint density at radius 3 is 3.08 bits per heavy atom. The number of nitrogens with one attached hydrogen (secondary N) is 1. The Bertz CT molecular complexity index is 942. The van der Waals surface area contributed by atoms with Crippen LogP contribution in [0.5, 0.6) is 5.75 Å². The summed E-state index contributed by atoms with van der Waals surface area (Å²) >= 11 is 0. The van der Waals surface area contributed by atoms with Crippen LogP contribution in [0.3, 0.4) is 0 Å². The van der Waals surface area contributed by atoms with E-state index in [0.29, 0.717) is 0 Å². The van der Waals surface area contributed by atoms with Gasteiger partial charge < -0.3 is 10.1 Å². The zero-order chi connectivity index (χ0) is 16.4. The van der Waals surface area contributed by atoms with Gasteiger partial charge in [-0.2, -0.15) is 0 Å². The first-order valence-electron chi connectivity index (χ1n) is 7.88. The maximum Gasteiger partial charge on any atom is 0.248 e. The van der Waals surface area contributed by atoms with Crippen LogP contribution in [0.25, 0.3) is 17.0 Å². The molecule has 0 saturated heterocycles. The van der Waals surface area contributed by atoms with E-state index < -0.39 is 0 Å². The average Bonchev–Trinajstić information content (AvgIpc) is 3.08. The second kappa shape index (κ2) is 6.16. The first kappa shape index (κ1) is 14.5. The zero-order valence-corrected chi connectivity index (χ0v) is 13.0. The van der Waals surface area contributed by atoms with Crippen LogP contribution >= 0.6 is 0 Å². The third kappa shape index (κ3) is 2.86. The highest BCUT2D eigenvalue weighted by Crippen LogP contribution is 2.26. The lowest BCUT2D eigenvalue weighted by molar-refractivity contribution is -0.111. The number of rotatable bonds is 3. The van der Waals surface area contributed by atoms with Gasteiger partial charge in [0, 0.05) is 24.1 Å². The van der Waals surface area contributed by atoms with Crippen molar-refractivity contribution in [1.82, 2.24) is 4.98 Å². The van der Waals surface area contributed by atoms with Crippen molar-refractivity contribution in [3.8, 4) is 5.75 Å². The summed E-state index contributed by atoms with van der Waals surface area (Å²) in [5.74, 6) is 0.781. The summed E-state index contributed by atoms with van der Waals surface area (Å²) in [7, 11) is 0. The van der Waals surface area contributed by atoms with Gasteiger partial charge in [0.1, 0.15) is 5.75 Å². The largest absolute Gasteiger partial charge is 0.493 e. The number of nitrogens with zero attached hydrogens (tertiary/aromatic N) is 1. The van der Waals surface area contributed by atoms with Gasteiger partial charge in [0.2, 0.25) is 5.91 Å². The van der Waals surface area contributed by atoms with Gasteiger partial charge in [0.15, 0.2) is 0 Å². The number of hydrogen-bond donors (Lipinski definition) is 1. The molecule has 24 heavy (non-hydrogen) atoms. The predicted octanol–water partition coefficient (Wildman–Crippen LogP) is 3.82. The molecule has 0 atom stereocenters. The van der Waals surface area contributed by atoms with Gasteiger partial charge in [0.05, 0.1) is 17.8 Å². The van der Waals surface area contributed by atoms with E-state index in [1.807, 2.05) is 48.5 Å². The molecule has 4 nitrogen and oxygen atoms in total. The lowest BCUT2D eigenvalue weighted by Gasteiger charge is -2.06. The normalized spacial score (nSPS) is 13.0. The van der Waals surface area contributed by atoms with Gasteiger partial charge in [-0.3, -0.25) is 9.78 Å². The smallest absolute Gasteiger partial charge is 0.248 e. The Kier molecular flexibility index (Phi) is 3.71. The molecule has 1 aliphatic heterocycles. The van der Waals surface area contributed by atoms with E-state index in [1.165, 1.54) is 5.56 Å². The molecule has 1 N–H and O–H groups in total. The van der Waals surface area contributed by atoms with E-state index in [9.17, 15) is 4.79 Å². The number of carbonyl (C=O) groups excluding carboxylic acids is 1. The number of aromatic nitrogens is 1. The summed E-state index contributed by atoms with van der Waals surface area (Å²) in [6.07, 6.45) is 6.03. The average molecular weight is 316 g/mol. The fraction of sp³-hybridized carbons (Fsp3) is 0.100. The molecule has 3 aromatic rings. The van der Waals surface area contributed by atoms with Crippen molar-refractivity contribution < 1.29 is 9.53 Å². The lowest BCUT2D eigenvalue weighted by Crippen LogP contribution is -2.08. The van der Waals surface area contributed by atoms with Crippen molar-refractivity contribution in [3.63, 3.8) is 0 Å². The summed E-state index contributed by atoms with van der Waals surface area (Å²) in [5, 5.41) is 3.84. The third-order valence-corrected chi connectivity index (χ3v) is 4.04. The Morgan fingerprint density at radius 2 is 2.12 bits per heavy atom. The van der Waals surface area contributed by atoms with Gasteiger partial charge in [-0.15, -0.1) is 0 Å². The molecule has 0 spiro atoms. The summed E-state index contributed by atoms with van der Waals surface area (Å²) in [6.45, 7) is 0.734. The molecule has 4 rings (SSSR count). The van der Waals surface area contributed by atoms with Gasteiger partial charge >= 0.3 is 0 Å². The van der Waals surface area contributed by atoms with Crippen LogP contribution in [-0.4, -0.2) is 17.5 Å². The maximum absolute atomic E-state index is 12.2. The molecule has 1 aromatic heterocycles. The standard InChI is InChI=1S/C20H16N2O2/c23-20(9-7-14-6-8-19-15(13-14)10-12-24-19)22-18-5-1-4-17-16(18)3-2-11-21-17/h1-9,11,13H,10,12H2,(H,22,23)/b9-7+. The number of amides is 1. The van der Waals surface area contributed by atoms with Crippen LogP contribution in [0.4, 0.5) is 5.69 Å². The van der Waals surface area contributed by atoms with Crippen molar-refractivity contribution in [2.75, 3.05) is 11.9 Å². The molecule has 0 saturated carbocycles. The summed E-state index contributed by atoms with van der Waals surface area (Å²) in [5.41, 5.74) is 3.81. The fourth-order valence-electron chi connectivity index (χ4n) is 2.87. The monoisotopic (exact) mass is 316 g/mol. The van der Waals surface area contributed by atoms with Crippen LogP contribution in [0, 0.1) is 0 Å². The zero-order valence-electron chi connectivity index (χ0n) is 13.0. The predicted molar refractivity (Wildman–Crippen MR) is 95.0 cm³/mol. The van der Waals surface area contributed by atoms with Crippen LogP contribution in [0.1, 0.15) is 11.1 Å². The number of carbonyl (C=O) groups is 1. The third-order valence-electron chi connectivity index (χ3n) is 4.04. The number of ether oxygens (including phenoxy) is 1. The molecule has 1 aliphatic rings. The number of fused-ring (bicyclic) bond motifs is 2. The minimum atomic E-state index is -0.164. The van der Waals surface area contributed by atoms with Gasteiger partial charge in [-0.1, -0.05) is 12.1 Å². The second-order valence-electron chi connectivity index (χ2n) is 5.66. The van der Waals surface area contributed by atoms with E-state index in [2.05, 4.69) is 16.4 Å². The molecular weight excluding hydrogens is 300 g/mol. The van der Waals surface area contributed by atoms with Crippen LogP contribution < -0.4 is 10.1 Å². The first-order chi connectivity index (χ1) is 11.8. The number of anilines is 1. The Labute approximate surface area is 139 Å². The summed E-state index contributed by atoms with van der Waals surface area (Å²) in [6, 6.07) is 15.5. The molecule has 118 valence electrons. The molecule has 2 heterocycles. The second-order valence-corrected chi connectivity index (χ2v) is 5.66. The highest BCUT2D eigenvalue weighted by Gasteiger charge is 2.11.